The Balaban J connectivity index is 1.85. The van der Waals surface area contributed by atoms with Gasteiger partial charge in [-0.2, -0.15) is 0 Å². The van der Waals surface area contributed by atoms with Crippen molar-refractivity contribution in [3.8, 4) is 0 Å². The monoisotopic (exact) mass is 408 g/mol. The lowest BCUT2D eigenvalue weighted by Gasteiger charge is -2.21. The topological polar surface area (TPSA) is 66.5 Å². The van der Waals surface area contributed by atoms with E-state index in [0.29, 0.717) is 31.9 Å². The summed E-state index contributed by atoms with van der Waals surface area (Å²) in [7, 11) is 0. The van der Waals surface area contributed by atoms with E-state index < -0.39 is 23.1 Å². The number of carbonyl (C=O) groups is 3. The van der Waals surface area contributed by atoms with Gasteiger partial charge >= 0.3 is 0 Å². The molecule has 1 unspecified atom stereocenters. The van der Waals surface area contributed by atoms with Gasteiger partial charge in [0.2, 0.25) is 17.7 Å². The first-order valence-electron chi connectivity index (χ1n) is 7.73. The average molecular weight is 410 g/mol. The van der Waals surface area contributed by atoms with Crippen molar-refractivity contribution in [1.29, 1.82) is 0 Å². The van der Waals surface area contributed by atoms with Crippen molar-refractivity contribution in [3.63, 3.8) is 0 Å². The van der Waals surface area contributed by atoms with Crippen LogP contribution in [0.25, 0.3) is 0 Å². The minimum absolute atomic E-state index is 0.121. The predicted molar refractivity (Wildman–Crippen MR) is 98.5 cm³/mol. The van der Waals surface area contributed by atoms with Crippen LogP contribution in [0, 0.1) is 0 Å². The zero-order chi connectivity index (χ0) is 18.6. The molecule has 5 nitrogen and oxygen atoms in total. The molecular formula is C18H11Cl3N2O3. The SMILES string of the molecule is O=C1CC2(C(=O)N1)C(=O)N(Cc1cc(Cl)ccc1Cl)c1ccc(Cl)cc12. The summed E-state index contributed by atoms with van der Waals surface area (Å²) in [6, 6.07) is 9.82. The van der Waals surface area contributed by atoms with E-state index >= 15 is 0 Å². The molecule has 3 amide bonds. The van der Waals surface area contributed by atoms with Crippen LogP contribution >= 0.6 is 34.8 Å². The first kappa shape index (κ1) is 17.3. The summed E-state index contributed by atoms with van der Waals surface area (Å²) in [4.78, 5) is 39.1. The van der Waals surface area contributed by atoms with Crippen molar-refractivity contribution in [2.24, 2.45) is 0 Å². The molecule has 0 aliphatic carbocycles. The van der Waals surface area contributed by atoms with E-state index in [1.54, 1.807) is 36.4 Å². The molecule has 1 atom stereocenters. The van der Waals surface area contributed by atoms with E-state index in [1.807, 2.05) is 0 Å². The molecule has 26 heavy (non-hydrogen) atoms. The summed E-state index contributed by atoms with van der Waals surface area (Å²) >= 11 is 18.3. The van der Waals surface area contributed by atoms with Gasteiger partial charge in [-0.05, 0) is 42.0 Å². The molecule has 1 spiro atoms. The number of amides is 3. The second-order valence-electron chi connectivity index (χ2n) is 6.25. The Bertz CT molecular complexity index is 992. The lowest BCUT2D eigenvalue weighted by molar-refractivity contribution is -0.133. The summed E-state index contributed by atoms with van der Waals surface area (Å²) in [5, 5.41) is 3.54. The molecule has 0 radical (unpaired) electrons. The van der Waals surface area contributed by atoms with E-state index in [-0.39, 0.29) is 13.0 Å². The fraction of sp³-hybridized carbons (Fsp3) is 0.167. The second kappa shape index (κ2) is 5.98. The minimum atomic E-state index is -1.58. The van der Waals surface area contributed by atoms with Crippen LogP contribution in [0.15, 0.2) is 36.4 Å². The van der Waals surface area contributed by atoms with Crippen LogP contribution in [0.5, 0.6) is 0 Å². The van der Waals surface area contributed by atoms with Crippen molar-refractivity contribution in [3.05, 3.63) is 62.6 Å². The number of carbonyl (C=O) groups excluding carboxylic acids is 3. The Kier molecular flexibility index (Phi) is 3.99. The number of hydrogen-bond acceptors (Lipinski definition) is 3. The molecule has 1 fully saturated rings. The molecule has 2 aliphatic heterocycles. The van der Waals surface area contributed by atoms with Crippen molar-refractivity contribution in [1.82, 2.24) is 5.32 Å². The van der Waals surface area contributed by atoms with Crippen LogP contribution in [0.1, 0.15) is 17.5 Å². The summed E-state index contributed by atoms with van der Waals surface area (Å²) < 4.78 is 0. The van der Waals surface area contributed by atoms with Gasteiger partial charge in [0.1, 0.15) is 0 Å². The normalized spacial score (nSPS) is 21.5. The quantitative estimate of drug-likeness (QED) is 0.610. The van der Waals surface area contributed by atoms with Gasteiger partial charge in [0.25, 0.3) is 0 Å². The molecule has 132 valence electrons. The number of anilines is 1. The van der Waals surface area contributed by atoms with Crippen LogP contribution < -0.4 is 10.2 Å². The number of nitrogens with zero attached hydrogens (tertiary/aromatic N) is 1. The van der Waals surface area contributed by atoms with E-state index in [9.17, 15) is 14.4 Å². The van der Waals surface area contributed by atoms with Gasteiger partial charge in [-0.3, -0.25) is 19.7 Å². The molecule has 0 saturated carbocycles. The number of benzene rings is 2. The maximum atomic E-state index is 13.2. The van der Waals surface area contributed by atoms with Crippen molar-refractivity contribution >= 4 is 58.2 Å². The molecular weight excluding hydrogens is 399 g/mol. The van der Waals surface area contributed by atoms with Crippen LogP contribution in [-0.4, -0.2) is 17.7 Å². The molecule has 8 heteroatoms. The average Bonchev–Trinajstić information content (AvgIpc) is 3.00. The molecule has 0 bridgehead atoms. The molecule has 2 aromatic rings. The Labute approximate surface area is 163 Å². The summed E-state index contributed by atoms with van der Waals surface area (Å²) in [5.74, 6) is -1.60. The molecule has 1 N–H and O–H groups in total. The summed E-state index contributed by atoms with van der Waals surface area (Å²) in [5.41, 5.74) is 0.00882. The number of rotatable bonds is 2. The van der Waals surface area contributed by atoms with E-state index in [4.69, 9.17) is 34.8 Å². The number of hydrogen-bond donors (Lipinski definition) is 1. The zero-order valence-electron chi connectivity index (χ0n) is 13.2. The minimum Gasteiger partial charge on any atom is -0.306 e. The molecule has 2 aliphatic rings. The standard InChI is InChI=1S/C18H11Cl3N2O3/c19-10-1-3-13(21)9(5-10)8-23-14-4-2-11(20)6-12(14)18(17(23)26)7-15(24)22-16(18)25/h1-6H,7-8H2,(H,22,24,25). The number of halogens is 3. The van der Waals surface area contributed by atoms with E-state index in [0.717, 1.165) is 0 Å². The first-order chi connectivity index (χ1) is 12.3. The maximum Gasteiger partial charge on any atom is 0.248 e. The number of imide groups is 1. The fourth-order valence-electron chi connectivity index (χ4n) is 3.52. The largest absolute Gasteiger partial charge is 0.306 e. The van der Waals surface area contributed by atoms with E-state index in [1.165, 1.54) is 4.90 Å². The molecule has 1 saturated heterocycles. The third-order valence-electron chi connectivity index (χ3n) is 4.72. The lowest BCUT2D eigenvalue weighted by Crippen LogP contribution is -2.45. The van der Waals surface area contributed by atoms with Gasteiger partial charge in [0, 0.05) is 26.3 Å². The highest BCUT2D eigenvalue weighted by atomic mass is 35.5. The molecule has 4 rings (SSSR count). The fourth-order valence-corrected chi connectivity index (χ4v) is 4.07. The van der Waals surface area contributed by atoms with Crippen LogP contribution in [-0.2, 0) is 26.3 Å². The van der Waals surface area contributed by atoms with Crippen molar-refractivity contribution < 1.29 is 14.4 Å². The molecule has 0 aromatic heterocycles. The van der Waals surface area contributed by atoms with Crippen LogP contribution in [0.3, 0.4) is 0 Å². The summed E-state index contributed by atoms with van der Waals surface area (Å²) in [6.07, 6.45) is -0.238. The van der Waals surface area contributed by atoms with Gasteiger partial charge in [-0.25, -0.2) is 0 Å². The van der Waals surface area contributed by atoms with Gasteiger partial charge in [-0.1, -0.05) is 34.8 Å². The van der Waals surface area contributed by atoms with Crippen molar-refractivity contribution in [2.45, 2.75) is 18.4 Å². The number of nitrogens with one attached hydrogen (secondary N) is 1. The van der Waals surface area contributed by atoms with Gasteiger partial charge in [-0.15, -0.1) is 0 Å². The Hall–Kier alpha value is -2.08. The van der Waals surface area contributed by atoms with Gasteiger partial charge in [0.15, 0.2) is 5.41 Å². The highest BCUT2D eigenvalue weighted by molar-refractivity contribution is 6.34. The zero-order valence-corrected chi connectivity index (χ0v) is 15.5. The Morgan fingerprint density at radius 1 is 1.00 bits per heavy atom. The highest BCUT2D eigenvalue weighted by Gasteiger charge is 2.61. The highest BCUT2D eigenvalue weighted by Crippen LogP contribution is 2.48. The lowest BCUT2D eigenvalue weighted by atomic mass is 9.80. The molecule has 2 heterocycles. The Morgan fingerprint density at radius 3 is 2.38 bits per heavy atom. The third kappa shape index (κ3) is 2.42. The van der Waals surface area contributed by atoms with Crippen molar-refractivity contribution in [2.75, 3.05) is 4.90 Å². The van der Waals surface area contributed by atoms with Gasteiger partial charge < -0.3 is 4.90 Å². The van der Waals surface area contributed by atoms with Crippen LogP contribution in [0.4, 0.5) is 5.69 Å². The number of fused-ring (bicyclic) bond motifs is 2. The predicted octanol–water partition coefficient (Wildman–Crippen LogP) is 3.48. The second-order valence-corrected chi connectivity index (χ2v) is 7.53. The van der Waals surface area contributed by atoms with E-state index in [2.05, 4.69) is 5.32 Å². The van der Waals surface area contributed by atoms with Crippen LogP contribution in [0.2, 0.25) is 15.1 Å². The Morgan fingerprint density at radius 2 is 1.69 bits per heavy atom. The molecule has 2 aromatic carbocycles. The summed E-state index contributed by atoms with van der Waals surface area (Å²) in [6.45, 7) is 0.121. The maximum absolute atomic E-state index is 13.2. The first-order valence-corrected chi connectivity index (χ1v) is 8.86. The van der Waals surface area contributed by atoms with Gasteiger partial charge in [0.05, 0.1) is 13.0 Å². The smallest absolute Gasteiger partial charge is 0.248 e. The third-order valence-corrected chi connectivity index (χ3v) is 5.56.